The first-order valence-corrected chi connectivity index (χ1v) is 8.43. The molecule has 1 heterocycles. The summed E-state index contributed by atoms with van der Waals surface area (Å²) in [5.74, 6) is 1.55. The molecule has 2 aromatic rings. The minimum atomic E-state index is 0.289. The van der Waals surface area contributed by atoms with E-state index < -0.39 is 0 Å². The van der Waals surface area contributed by atoms with Crippen molar-refractivity contribution in [3.05, 3.63) is 63.7 Å². The molecule has 0 N–H and O–H groups in total. The van der Waals surface area contributed by atoms with Crippen molar-refractivity contribution in [3.63, 3.8) is 0 Å². The lowest BCUT2D eigenvalue weighted by Gasteiger charge is -2.24. The molecule has 0 aliphatic carbocycles. The fraction of sp³-hybridized carbons (Fsp3) is 0.278. The van der Waals surface area contributed by atoms with E-state index in [9.17, 15) is 5.26 Å². The predicted octanol–water partition coefficient (Wildman–Crippen LogP) is 5.61. The summed E-state index contributed by atoms with van der Waals surface area (Å²) in [5, 5.41) is 10.2. The fourth-order valence-corrected chi connectivity index (χ4v) is 4.64. The number of benzene rings is 2. The van der Waals surface area contributed by atoms with E-state index in [0.29, 0.717) is 5.92 Å². The lowest BCUT2D eigenvalue weighted by molar-refractivity contribution is 0.556. The van der Waals surface area contributed by atoms with Gasteiger partial charge in [0, 0.05) is 16.6 Å². The molecular formula is C18H16ClNS. The van der Waals surface area contributed by atoms with Crippen molar-refractivity contribution >= 4 is 23.4 Å². The SMILES string of the molecule is CC(C)C1c2cccc(C#N)c2CSc2c(Cl)cccc21. The van der Waals surface area contributed by atoms with Gasteiger partial charge >= 0.3 is 0 Å². The Balaban J connectivity index is 2.28. The molecule has 1 nitrogen and oxygen atoms in total. The molecule has 0 bridgehead atoms. The molecule has 106 valence electrons. The van der Waals surface area contributed by atoms with Crippen LogP contribution in [0, 0.1) is 17.2 Å². The molecule has 0 radical (unpaired) electrons. The number of hydrogen-bond donors (Lipinski definition) is 0. The Morgan fingerprint density at radius 1 is 1.19 bits per heavy atom. The maximum absolute atomic E-state index is 9.40. The summed E-state index contributed by atoms with van der Waals surface area (Å²) in [4.78, 5) is 1.16. The molecule has 1 unspecified atom stereocenters. The minimum Gasteiger partial charge on any atom is -0.192 e. The lowest BCUT2D eigenvalue weighted by atomic mass is 9.80. The van der Waals surface area contributed by atoms with Crippen LogP contribution in [0.4, 0.5) is 0 Å². The number of nitriles is 1. The molecule has 1 atom stereocenters. The lowest BCUT2D eigenvalue weighted by Crippen LogP contribution is -2.11. The van der Waals surface area contributed by atoms with Gasteiger partial charge in [-0.2, -0.15) is 5.26 Å². The van der Waals surface area contributed by atoms with Gasteiger partial charge in [-0.3, -0.25) is 0 Å². The number of fused-ring (bicyclic) bond motifs is 2. The van der Waals surface area contributed by atoms with Crippen LogP contribution in [0.3, 0.4) is 0 Å². The minimum absolute atomic E-state index is 0.289. The average Bonchev–Trinajstić information content (AvgIpc) is 2.64. The smallest absolute Gasteiger partial charge is 0.0994 e. The van der Waals surface area contributed by atoms with Gasteiger partial charge < -0.3 is 0 Å². The average molecular weight is 314 g/mol. The van der Waals surface area contributed by atoms with Crippen LogP contribution in [-0.4, -0.2) is 0 Å². The Morgan fingerprint density at radius 3 is 2.62 bits per heavy atom. The van der Waals surface area contributed by atoms with Gasteiger partial charge in [0.05, 0.1) is 16.7 Å². The highest BCUT2D eigenvalue weighted by molar-refractivity contribution is 7.98. The summed E-state index contributed by atoms with van der Waals surface area (Å²) in [6.45, 7) is 4.46. The highest BCUT2D eigenvalue weighted by atomic mass is 35.5. The van der Waals surface area contributed by atoms with Gasteiger partial charge in [0.25, 0.3) is 0 Å². The van der Waals surface area contributed by atoms with Crippen LogP contribution in [-0.2, 0) is 5.75 Å². The van der Waals surface area contributed by atoms with Crippen molar-refractivity contribution in [2.24, 2.45) is 5.92 Å². The largest absolute Gasteiger partial charge is 0.192 e. The van der Waals surface area contributed by atoms with Gasteiger partial charge in [-0.1, -0.05) is 49.7 Å². The van der Waals surface area contributed by atoms with E-state index in [1.54, 1.807) is 11.8 Å². The van der Waals surface area contributed by atoms with Crippen LogP contribution in [0.25, 0.3) is 0 Å². The number of halogens is 1. The Bertz CT molecular complexity index is 730. The molecule has 21 heavy (non-hydrogen) atoms. The normalized spacial score (nSPS) is 16.8. The molecule has 0 amide bonds. The van der Waals surface area contributed by atoms with Crippen molar-refractivity contribution in [3.8, 4) is 6.07 Å². The first kappa shape index (κ1) is 14.5. The van der Waals surface area contributed by atoms with Crippen molar-refractivity contribution in [2.45, 2.75) is 30.4 Å². The molecular weight excluding hydrogens is 298 g/mol. The van der Waals surface area contributed by atoms with Crippen LogP contribution in [0.2, 0.25) is 5.02 Å². The Hall–Kier alpha value is -1.43. The molecule has 0 spiro atoms. The summed E-state index contributed by atoms with van der Waals surface area (Å²) in [5.41, 5.74) is 4.51. The zero-order valence-electron chi connectivity index (χ0n) is 12.1. The van der Waals surface area contributed by atoms with Crippen LogP contribution in [0.15, 0.2) is 41.3 Å². The number of rotatable bonds is 1. The quantitative estimate of drug-likeness (QED) is 0.683. The maximum Gasteiger partial charge on any atom is 0.0994 e. The van der Waals surface area contributed by atoms with Gasteiger partial charge in [0.15, 0.2) is 0 Å². The molecule has 1 aliphatic rings. The molecule has 3 rings (SSSR count). The predicted molar refractivity (Wildman–Crippen MR) is 88.9 cm³/mol. The van der Waals surface area contributed by atoms with Crippen molar-refractivity contribution in [2.75, 3.05) is 0 Å². The number of thioether (sulfide) groups is 1. The van der Waals surface area contributed by atoms with E-state index in [1.807, 2.05) is 24.3 Å². The third-order valence-electron chi connectivity index (χ3n) is 4.03. The topological polar surface area (TPSA) is 23.8 Å². The zero-order chi connectivity index (χ0) is 15.0. The molecule has 2 aromatic carbocycles. The number of nitrogens with zero attached hydrogens (tertiary/aromatic N) is 1. The molecule has 3 heteroatoms. The second-order valence-electron chi connectivity index (χ2n) is 5.65. The maximum atomic E-state index is 9.40. The first-order valence-electron chi connectivity index (χ1n) is 7.06. The van der Waals surface area contributed by atoms with Crippen molar-refractivity contribution in [1.29, 1.82) is 5.26 Å². The Labute approximate surface area is 134 Å². The van der Waals surface area contributed by atoms with E-state index in [2.05, 4.69) is 32.0 Å². The van der Waals surface area contributed by atoms with Crippen LogP contribution < -0.4 is 0 Å². The third kappa shape index (κ3) is 2.46. The standard InChI is InChI=1S/C18H16ClNS/c1-11(2)17-13-6-3-5-12(9-20)15(13)10-21-18-14(17)7-4-8-16(18)19/h3-8,11,17H,10H2,1-2H3. The van der Waals surface area contributed by atoms with Crippen LogP contribution in [0.1, 0.15) is 42.0 Å². The Kier molecular flexibility index (Phi) is 3.97. The molecule has 0 fully saturated rings. The summed E-state index contributed by atoms with van der Waals surface area (Å²) in [6, 6.07) is 14.6. The van der Waals surface area contributed by atoms with Crippen LogP contribution >= 0.6 is 23.4 Å². The van der Waals surface area contributed by atoms with Crippen molar-refractivity contribution in [1.82, 2.24) is 0 Å². The zero-order valence-corrected chi connectivity index (χ0v) is 13.6. The monoisotopic (exact) mass is 313 g/mol. The van der Waals surface area contributed by atoms with E-state index in [-0.39, 0.29) is 5.92 Å². The van der Waals surface area contributed by atoms with Crippen LogP contribution in [0.5, 0.6) is 0 Å². The first-order chi connectivity index (χ1) is 10.1. The highest BCUT2D eigenvalue weighted by Gasteiger charge is 2.28. The Morgan fingerprint density at radius 2 is 1.90 bits per heavy atom. The summed E-state index contributed by atoms with van der Waals surface area (Å²) < 4.78 is 0. The van der Waals surface area contributed by atoms with E-state index in [1.165, 1.54) is 11.1 Å². The van der Waals surface area contributed by atoms with E-state index in [4.69, 9.17) is 11.6 Å². The summed E-state index contributed by atoms with van der Waals surface area (Å²) in [6.07, 6.45) is 0. The van der Waals surface area contributed by atoms with Gasteiger partial charge in [0.1, 0.15) is 0 Å². The van der Waals surface area contributed by atoms with E-state index >= 15 is 0 Å². The third-order valence-corrected chi connectivity index (χ3v) is 5.63. The van der Waals surface area contributed by atoms with Gasteiger partial charge in [-0.25, -0.2) is 0 Å². The second kappa shape index (κ2) is 5.75. The van der Waals surface area contributed by atoms with Crippen molar-refractivity contribution < 1.29 is 0 Å². The number of hydrogen-bond acceptors (Lipinski definition) is 2. The summed E-state index contributed by atoms with van der Waals surface area (Å²) in [7, 11) is 0. The highest BCUT2D eigenvalue weighted by Crippen LogP contribution is 2.46. The second-order valence-corrected chi connectivity index (χ2v) is 7.05. The molecule has 0 aromatic heterocycles. The van der Waals surface area contributed by atoms with Gasteiger partial charge in [0.2, 0.25) is 0 Å². The fourth-order valence-electron chi connectivity index (χ4n) is 3.11. The van der Waals surface area contributed by atoms with Gasteiger partial charge in [-0.05, 0) is 34.7 Å². The molecule has 1 aliphatic heterocycles. The van der Waals surface area contributed by atoms with E-state index in [0.717, 1.165) is 26.8 Å². The van der Waals surface area contributed by atoms with Gasteiger partial charge in [-0.15, -0.1) is 11.8 Å². The molecule has 0 saturated carbocycles. The summed E-state index contributed by atoms with van der Waals surface area (Å²) >= 11 is 8.16. The molecule has 0 saturated heterocycles.